The third kappa shape index (κ3) is 2.57. The molecule has 0 unspecified atom stereocenters. The molecule has 118 valence electrons. The summed E-state index contributed by atoms with van der Waals surface area (Å²) in [6, 6.07) is 5.61. The number of rotatable bonds is 2. The van der Waals surface area contributed by atoms with Crippen LogP contribution in [-0.2, 0) is 0 Å². The molecular weight excluding hydrogens is 341 g/mol. The van der Waals surface area contributed by atoms with Crippen LogP contribution in [0.5, 0.6) is 11.5 Å². The quantitative estimate of drug-likeness (QED) is 0.353. The highest BCUT2D eigenvalue weighted by Gasteiger charge is 2.27. The van der Waals surface area contributed by atoms with Crippen LogP contribution in [0.1, 0.15) is 0 Å². The highest BCUT2D eigenvalue weighted by molar-refractivity contribution is 6.31. The lowest BCUT2D eigenvalue weighted by Gasteiger charge is -2.11. The summed E-state index contributed by atoms with van der Waals surface area (Å²) in [5.41, 5.74) is 0.332. The highest BCUT2D eigenvalue weighted by atomic mass is 35.5. The van der Waals surface area contributed by atoms with Crippen LogP contribution in [-0.4, -0.2) is 4.98 Å². The molecule has 0 N–H and O–H groups in total. The number of benzene rings is 2. The zero-order valence-corrected chi connectivity index (χ0v) is 11.8. The van der Waals surface area contributed by atoms with Gasteiger partial charge in [0.2, 0.25) is 34.8 Å². The van der Waals surface area contributed by atoms with E-state index in [2.05, 4.69) is 4.98 Å². The molecule has 3 aromatic rings. The van der Waals surface area contributed by atoms with Crippen LogP contribution in [0.4, 0.5) is 22.0 Å². The first-order valence-corrected chi connectivity index (χ1v) is 6.51. The molecule has 0 spiro atoms. The minimum Gasteiger partial charge on any atom is -0.450 e. The number of fused-ring (bicyclic) bond motifs is 1. The van der Waals surface area contributed by atoms with E-state index in [4.69, 9.17) is 16.3 Å². The zero-order chi connectivity index (χ0) is 16.7. The predicted octanol–water partition coefficient (Wildman–Crippen LogP) is 5.38. The van der Waals surface area contributed by atoms with E-state index in [0.29, 0.717) is 15.9 Å². The van der Waals surface area contributed by atoms with E-state index in [0.717, 1.165) is 0 Å². The number of aromatic nitrogens is 1. The maximum Gasteiger partial charge on any atom is 0.207 e. The molecule has 3 rings (SSSR count). The third-order valence-corrected chi connectivity index (χ3v) is 3.28. The van der Waals surface area contributed by atoms with E-state index in [9.17, 15) is 22.0 Å². The molecule has 0 aliphatic rings. The predicted molar refractivity (Wildman–Crippen MR) is 73.1 cm³/mol. The normalized spacial score (nSPS) is 11.0. The first kappa shape index (κ1) is 15.5. The summed E-state index contributed by atoms with van der Waals surface area (Å²) in [6.07, 6.45) is 1.25. The maximum atomic E-state index is 13.7. The second-order valence-electron chi connectivity index (χ2n) is 4.47. The van der Waals surface area contributed by atoms with Gasteiger partial charge in [-0.05, 0) is 24.3 Å². The summed E-state index contributed by atoms with van der Waals surface area (Å²) in [6.45, 7) is 0. The number of hydrogen-bond donors (Lipinski definition) is 0. The SMILES string of the molecule is Fc1c(F)c(F)c(Oc2ccnc3cc(Cl)ccc23)c(F)c1F. The summed E-state index contributed by atoms with van der Waals surface area (Å²) in [7, 11) is 0. The van der Waals surface area contributed by atoms with E-state index in [1.54, 1.807) is 0 Å². The summed E-state index contributed by atoms with van der Waals surface area (Å²) >= 11 is 5.80. The van der Waals surface area contributed by atoms with Crippen LogP contribution < -0.4 is 4.74 Å². The second kappa shape index (κ2) is 5.66. The van der Waals surface area contributed by atoms with E-state index in [1.165, 1.54) is 30.5 Å². The van der Waals surface area contributed by atoms with Crippen molar-refractivity contribution in [3.8, 4) is 11.5 Å². The van der Waals surface area contributed by atoms with Crippen molar-refractivity contribution in [3.05, 3.63) is 64.6 Å². The molecule has 0 atom stereocenters. The van der Waals surface area contributed by atoms with E-state index < -0.39 is 34.8 Å². The van der Waals surface area contributed by atoms with Crippen LogP contribution in [0.3, 0.4) is 0 Å². The minimum absolute atomic E-state index is 0.130. The number of pyridine rings is 1. The molecule has 0 aliphatic heterocycles. The molecule has 1 aromatic heterocycles. The van der Waals surface area contributed by atoms with Crippen LogP contribution in [0.15, 0.2) is 30.5 Å². The van der Waals surface area contributed by atoms with Crippen molar-refractivity contribution in [2.24, 2.45) is 0 Å². The van der Waals surface area contributed by atoms with Gasteiger partial charge in [0, 0.05) is 16.6 Å². The van der Waals surface area contributed by atoms with Gasteiger partial charge in [0.1, 0.15) is 5.75 Å². The standard InChI is InChI=1S/C15H5ClF5NO/c16-6-1-2-7-8(5-6)22-4-3-9(7)23-15-13(20)11(18)10(17)12(19)14(15)21/h1-5H. The second-order valence-corrected chi connectivity index (χ2v) is 4.91. The summed E-state index contributed by atoms with van der Waals surface area (Å²) in [4.78, 5) is 3.98. The van der Waals surface area contributed by atoms with Crippen molar-refractivity contribution in [3.63, 3.8) is 0 Å². The molecule has 23 heavy (non-hydrogen) atoms. The van der Waals surface area contributed by atoms with Gasteiger partial charge in [-0.2, -0.15) is 8.78 Å². The maximum absolute atomic E-state index is 13.7. The highest BCUT2D eigenvalue weighted by Crippen LogP contribution is 2.35. The van der Waals surface area contributed by atoms with Crippen molar-refractivity contribution in [2.45, 2.75) is 0 Å². The molecule has 2 nitrogen and oxygen atoms in total. The van der Waals surface area contributed by atoms with Gasteiger partial charge in [-0.3, -0.25) is 4.98 Å². The Morgan fingerprint density at radius 1 is 0.826 bits per heavy atom. The molecule has 0 radical (unpaired) electrons. The number of ether oxygens (including phenoxy) is 1. The van der Waals surface area contributed by atoms with Crippen LogP contribution in [0.25, 0.3) is 10.9 Å². The van der Waals surface area contributed by atoms with Crippen LogP contribution >= 0.6 is 11.6 Å². The average Bonchev–Trinajstić information content (AvgIpc) is 2.55. The monoisotopic (exact) mass is 345 g/mol. The van der Waals surface area contributed by atoms with E-state index in [-0.39, 0.29) is 5.75 Å². The molecule has 0 bridgehead atoms. The van der Waals surface area contributed by atoms with Crippen molar-refractivity contribution in [2.75, 3.05) is 0 Å². The third-order valence-electron chi connectivity index (χ3n) is 3.05. The fraction of sp³-hybridized carbons (Fsp3) is 0. The molecule has 2 aromatic carbocycles. The lowest BCUT2D eigenvalue weighted by molar-refractivity contribution is 0.333. The van der Waals surface area contributed by atoms with Crippen molar-refractivity contribution in [1.82, 2.24) is 4.98 Å². The largest absolute Gasteiger partial charge is 0.450 e. The topological polar surface area (TPSA) is 22.1 Å². The van der Waals surface area contributed by atoms with Gasteiger partial charge in [-0.15, -0.1) is 0 Å². The van der Waals surface area contributed by atoms with Crippen molar-refractivity contribution >= 4 is 22.5 Å². The van der Waals surface area contributed by atoms with Gasteiger partial charge in [-0.1, -0.05) is 11.6 Å². The Morgan fingerprint density at radius 3 is 2.09 bits per heavy atom. The van der Waals surface area contributed by atoms with Crippen LogP contribution in [0.2, 0.25) is 5.02 Å². The summed E-state index contributed by atoms with van der Waals surface area (Å²) in [5.74, 6) is -12.0. The summed E-state index contributed by atoms with van der Waals surface area (Å²) < 4.78 is 71.7. The Morgan fingerprint density at radius 2 is 1.43 bits per heavy atom. The molecule has 1 heterocycles. The number of hydrogen-bond acceptors (Lipinski definition) is 2. The zero-order valence-electron chi connectivity index (χ0n) is 11.0. The van der Waals surface area contributed by atoms with Crippen LogP contribution in [0, 0.1) is 29.1 Å². The Kier molecular flexibility index (Phi) is 3.81. The Balaban J connectivity index is 2.17. The molecule has 8 heteroatoms. The minimum atomic E-state index is -2.25. The van der Waals surface area contributed by atoms with E-state index in [1.807, 2.05) is 0 Å². The first-order chi connectivity index (χ1) is 10.9. The summed E-state index contributed by atoms with van der Waals surface area (Å²) in [5, 5.41) is 0.652. The molecule has 0 amide bonds. The van der Waals surface area contributed by atoms with Gasteiger partial charge < -0.3 is 4.74 Å². The van der Waals surface area contributed by atoms with Gasteiger partial charge in [0.15, 0.2) is 0 Å². The molecule has 0 aliphatic carbocycles. The smallest absolute Gasteiger partial charge is 0.207 e. The fourth-order valence-electron chi connectivity index (χ4n) is 1.97. The first-order valence-electron chi connectivity index (χ1n) is 6.13. The number of nitrogens with zero attached hydrogens (tertiary/aromatic N) is 1. The molecule has 0 saturated heterocycles. The van der Waals surface area contributed by atoms with Crippen molar-refractivity contribution < 1.29 is 26.7 Å². The van der Waals surface area contributed by atoms with E-state index >= 15 is 0 Å². The Hall–Kier alpha value is -2.41. The van der Waals surface area contributed by atoms with Gasteiger partial charge in [0.25, 0.3) is 0 Å². The Labute approximate surface area is 131 Å². The van der Waals surface area contributed by atoms with Gasteiger partial charge >= 0.3 is 0 Å². The average molecular weight is 346 g/mol. The Bertz CT molecular complexity index is 902. The fourth-order valence-corrected chi connectivity index (χ4v) is 2.13. The lowest BCUT2D eigenvalue weighted by Crippen LogP contribution is -2.04. The van der Waals surface area contributed by atoms with Gasteiger partial charge in [-0.25, -0.2) is 13.2 Å². The lowest BCUT2D eigenvalue weighted by atomic mass is 10.2. The molecule has 0 fully saturated rings. The molecular formula is C15H5ClF5NO. The van der Waals surface area contributed by atoms with Gasteiger partial charge in [0.05, 0.1) is 5.52 Å². The number of halogens is 6. The van der Waals surface area contributed by atoms with Crippen molar-refractivity contribution in [1.29, 1.82) is 0 Å². The molecule has 0 saturated carbocycles.